The van der Waals surface area contributed by atoms with Gasteiger partial charge in [0.15, 0.2) is 0 Å². The maximum absolute atomic E-state index is 6.08. The average Bonchev–Trinajstić information content (AvgIpc) is 3.15. The zero-order valence-electron chi connectivity index (χ0n) is 10.0. The molecule has 0 atom stereocenters. The summed E-state index contributed by atoms with van der Waals surface area (Å²) in [5.74, 6) is 1.76. The first-order valence-corrected chi connectivity index (χ1v) is 6.90. The van der Waals surface area contributed by atoms with Gasteiger partial charge in [0.1, 0.15) is 0 Å². The molecule has 0 unspecified atom stereocenters. The van der Waals surface area contributed by atoms with E-state index in [9.17, 15) is 0 Å². The normalized spacial score (nSPS) is 19.4. The summed E-state index contributed by atoms with van der Waals surface area (Å²) in [6, 6.07) is 5.80. The highest BCUT2D eigenvalue weighted by Gasteiger charge is 2.30. The van der Waals surface area contributed by atoms with Crippen LogP contribution in [0.1, 0.15) is 25.7 Å². The third kappa shape index (κ3) is 2.86. The van der Waals surface area contributed by atoms with Gasteiger partial charge in [-0.15, -0.1) is 0 Å². The van der Waals surface area contributed by atoms with E-state index in [1.54, 1.807) is 0 Å². The summed E-state index contributed by atoms with van der Waals surface area (Å²) in [5.41, 5.74) is 8.07. The molecule has 1 aromatic carbocycles. The summed E-state index contributed by atoms with van der Waals surface area (Å²) >= 11 is 6.08. The highest BCUT2D eigenvalue weighted by Crippen LogP contribution is 2.37. The number of anilines is 2. The second-order valence-electron chi connectivity index (χ2n) is 5.49. The molecule has 0 spiro atoms. The molecule has 17 heavy (non-hydrogen) atoms. The van der Waals surface area contributed by atoms with Gasteiger partial charge in [-0.3, -0.25) is 0 Å². The average molecular weight is 251 g/mol. The quantitative estimate of drug-likeness (QED) is 0.810. The van der Waals surface area contributed by atoms with Crippen LogP contribution in [0.15, 0.2) is 18.2 Å². The predicted octanol–water partition coefficient (Wildman–Crippen LogP) is 3.55. The Hall–Kier alpha value is -0.890. The van der Waals surface area contributed by atoms with Gasteiger partial charge in [0, 0.05) is 18.1 Å². The minimum Gasteiger partial charge on any atom is -0.397 e. The van der Waals surface area contributed by atoms with Crippen LogP contribution in [0.4, 0.5) is 11.4 Å². The molecule has 0 aliphatic heterocycles. The molecule has 2 saturated carbocycles. The second kappa shape index (κ2) is 4.41. The molecule has 2 aliphatic rings. The molecule has 2 fully saturated rings. The molecule has 3 heteroatoms. The molecule has 0 saturated heterocycles. The van der Waals surface area contributed by atoms with Crippen molar-refractivity contribution in [1.29, 1.82) is 0 Å². The fourth-order valence-corrected chi connectivity index (χ4v) is 2.45. The van der Waals surface area contributed by atoms with E-state index in [0.29, 0.717) is 0 Å². The maximum Gasteiger partial charge on any atom is 0.0615 e. The van der Waals surface area contributed by atoms with Crippen LogP contribution in [0.25, 0.3) is 0 Å². The molecule has 1 aromatic rings. The van der Waals surface area contributed by atoms with Gasteiger partial charge in [0.2, 0.25) is 0 Å². The lowest BCUT2D eigenvalue weighted by Gasteiger charge is -2.26. The molecular formula is C14H19ClN2. The number of rotatable bonds is 5. The van der Waals surface area contributed by atoms with Crippen LogP contribution in [0.5, 0.6) is 0 Å². The monoisotopic (exact) mass is 250 g/mol. The van der Waals surface area contributed by atoms with Crippen LogP contribution in [0, 0.1) is 11.8 Å². The fraction of sp³-hybridized carbons (Fsp3) is 0.571. The Labute approximate surface area is 108 Å². The Morgan fingerprint density at radius 3 is 2.24 bits per heavy atom. The minimum absolute atomic E-state index is 0.783. The number of hydrogen-bond acceptors (Lipinski definition) is 2. The van der Waals surface area contributed by atoms with E-state index in [0.717, 1.165) is 41.3 Å². The summed E-state index contributed by atoms with van der Waals surface area (Å²) in [4.78, 5) is 2.45. The summed E-state index contributed by atoms with van der Waals surface area (Å²) in [6.45, 7) is 2.31. The van der Waals surface area contributed by atoms with Crippen molar-refractivity contribution < 1.29 is 0 Å². The molecule has 0 heterocycles. The SMILES string of the molecule is Nc1ccc(Cl)cc1N(CC1CC1)CC1CC1. The lowest BCUT2D eigenvalue weighted by atomic mass is 10.2. The smallest absolute Gasteiger partial charge is 0.0615 e. The Morgan fingerprint density at radius 2 is 1.71 bits per heavy atom. The molecule has 2 nitrogen and oxygen atoms in total. The molecular weight excluding hydrogens is 232 g/mol. The Morgan fingerprint density at radius 1 is 1.12 bits per heavy atom. The van der Waals surface area contributed by atoms with Gasteiger partial charge in [-0.2, -0.15) is 0 Å². The van der Waals surface area contributed by atoms with E-state index in [1.165, 1.54) is 25.7 Å². The van der Waals surface area contributed by atoms with Crippen LogP contribution >= 0.6 is 11.6 Å². The van der Waals surface area contributed by atoms with Crippen molar-refractivity contribution in [3.63, 3.8) is 0 Å². The highest BCUT2D eigenvalue weighted by atomic mass is 35.5. The third-order valence-corrected chi connectivity index (χ3v) is 3.92. The van der Waals surface area contributed by atoms with Gasteiger partial charge in [-0.05, 0) is 55.7 Å². The van der Waals surface area contributed by atoms with E-state index in [1.807, 2.05) is 18.2 Å². The first-order chi connectivity index (χ1) is 8.22. The fourth-order valence-electron chi connectivity index (χ4n) is 2.29. The minimum atomic E-state index is 0.783. The standard InChI is InChI=1S/C14H19ClN2/c15-12-5-6-13(16)14(7-12)17(8-10-1-2-10)9-11-3-4-11/h5-7,10-11H,1-4,8-9,16H2. The van der Waals surface area contributed by atoms with E-state index in [-0.39, 0.29) is 0 Å². The Kier molecular flexibility index (Phi) is 2.91. The summed E-state index contributed by atoms with van der Waals surface area (Å²) in [7, 11) is 0. The van der Waals surface area contributed by atoms with Crippen LogP contribution in [-0.4, -0.2) is 13.1 Å². The van der Waals surface area contributed by atoms with Crippen molar-refractivity contribution in [2.24, 2.45) is 11.8 Å². The number of benzene rings is 1. The molecule has 2 aliphatic carbocycles. The number of nitrogens with zero attached hydrogens (tertiary/aromatic N) is 1. The van der Waals surface area contributed by atoms with Crippen molar-refractivity contribution in [3.05, 3.63) is 23.2 Å². The van der Waals surface area contributed by atoms with Crippen LogP contribution in [0.3, 0.4) is 0 Å². The molecule has 0 aromatic heterocycles. The maximum atomic E-state index is 6.08. The molecule has 0 radical (unpaired) electrons. The zero-order valence-corrected chi connectivity index (χ0v) is 10.8. The van der Waals surface area contributed by atoms with Crippen LogP contribution in [-0.2, 0) is 0 Å². The van der Waals surface area contributed by atoms with E-state index in [4.69, 9.17) is 17.3 Å². The van der Waals surface area contributed by atoms with Crippen molar-refractivity contribution in [2.45, 2.75) is 25.7 Å². The van der Waals surface area contributed by atoms with Crippen molar-refractivity contribution in [2.75, 3.05) is 23.7 Å². The molecule has 3 rings (SSSR count). The lowest BCUT2D eigenvalue weighted by molar-refractivity contribution is 0.680. The molecule has 2 N–H and O–H groups in total. The first kappa shape index (κ1) is 11.2. The van der Waals surface area contributed by atoms with Gasteiger partial charge >= 0.3 is 0 Å². The van der Waals surface area contributed by atoms with Gasteiger partial charge in [-0.1, -0.05) is 11.6 Å². The molecule has 0 amide bonds. The second-order valence-corrected chi connectivity index (χ2v) is 5.93. The summed E-state index contributed by atoms with van der Waals surface area (Å²) in [5, 5.41) is 0.783. The number of hydrogen-bond donors (Lipinski definition) is 1. The van der Waals surface area contributed by atoms with E-state index in [2.05, 4.69) is 4.90 Å². The summed E-state index contributed by atoms with van der Waals surface area (Å²) < 4.78 is 0. The lowest BCUT2D eigenvalue weighted by Crippen LogP contribution is -2.28. The van der Waals surface area contributed by atoms with Crippen LogP contribution < -0.4 is 10.6 Å². The van der Waals surface area contributed by atoms with Crippen molar-refractivity contribution in [1.82, 2.24) is 0 Å². The van der Waals surface area contributed by atoms with Crippen molar-refractivity contribution in [3.8, 4) is 0 Å². The van der Waals surface area contributed by atoms with Crippen LogP contribution in [0.2, 0.25) is 5.02 Å². The zero-order chi connectivity index (χ0) is 11.8. The number of nitrogen functional groups attached to an aromatic ring is 1. The van der Waals surface area contributed by atoms with E-state index < -0.39 is 0 Å². The first-order valence-electron chi connectivity index (χ1n) is 6.52. The Bertz CT molecular complexity index is 397. The Balaban J connectivity index is 1.80. The molecule has 0 bridgehead atoms. The van der Waals surface area contributed by atoms with Gasteiger partial charge in [0.25, 0.3) is 0 Å². The highest BCUT2D eigenvalue weighted by molar-refractivity contribution is 6.31. The van der Waals surface area contributed by atoms with Gasteiger partial charge in [-0.25, -0.2) is 0 Å². The third-order valence-electron chi connectivity index (χ3n) is 3.68. The topological polar surface area (TPSA) is 29.3 Å². The van der Waals surface area contributed by atoms with Crippen molar-refractivity contribution >= 4 is 23.0 Å². The number of nitrogens with two attached hydrogens (primary N) is 1. The van der Waals surface area contributed by atoms with Gasteiger partial charge < -0.3 is 10.6 Å². The van der Waals surface area contributed by atoms with E-state index >= 15 is 0 Å². The predicted molar refractivity (Wildman–Crippen MR) is 73.5 cm³/mol. The molecule has 92 valence electrons. The summed E-state index contributed by atoms with van der Waals surface area (Å²) in [6.07, 6.45) is 5.51. The largest absolute Gasteiger partial charge is 0.397 e. The number of halogens is 1. The van der Waals surface area contributed by atoms with Gasteiger partial charge in [0.05, 0.1) is 11.4 Å².